The third-order valence-electron chi connectivity index (χ3n) is 4.67. The molecule has 0 saturated carbocycles. The van der Waals surface area contributed by atoms with Gasteiger partial charge in [-0.15, -0.1) is 0 Å². The van der Waals surface area contributed by atoms with Gasteiger partial charge in [0.1, 0.15) is 11.9 Å². The van der Waals surface area contributed by atoms with E-state index >= 15 is 0 Å². The fourth-order valence-electron chi connectivity index (χ4n) is 3.35. The third kappa shape index (κ3) is 3.81. The second-order valence-corrected chi connectivity index (χ2v) is 6.84. The molecule has 3 rings (SSSR count). The molecule has 25 heavy (non-hydrogen) atoms. The first kappa shape index (κ1) is 17.4. The van der Waals surface area contributed by atoms with Gasteiger partial charge in [0, 0.05) is 18.3 Å². The van der Waals surface area contributed by atoms with Crippen molar-refractivity contribution in [2.45, 2.75) is 59.0 Å². The van der Waals surface area contributed by atoms with Crippen molar-refractivity contribution in [1.82, 2.24) is 24.6 Å². The number of amides is 1. The summed E-state index contributed by atoms with van der Waals surface area (Å²) in [5.41, 5.74) is 1.93. The topological polar surface area (TPSA) is 75.9 Å². The van der Waals surface area contributed by atoms with Crippen LogP contribution in [0.1, 0.15) is 44.5 Å². The van der Waals surface area contributed by atoms with Crippen LogP contribution in [0.3, 0.4) is 0 Å². The lowest BCUT2D eigenvalue weighted by molar-refractivity contribution is -0.134. The summed E-state index contributed by atoms with van der Waals surface area (Å²) in [4.78, 5) is 23.5. The Morgan fingerprint density at radius 1 is 1.32 bits per heavy atom. The van der Waals surface area contributed by atoms with Crippen LogP contribution in [-0.2, 0) is 4.79 Å². The van der Waals surface area contributed by atoms with E-state index in [-0.39, 0.29) is 11.9 Å². The third-order valence-corrected chi connectivity index (χ3v) is 4.67. The molecule has 1 aliphatic rings. The van der Waals surface area contributed by atoms with Crippen LogP contribution in [0.15, 0.2) is 18.5 Å². The van der Waals surface area contributed by atoms with E-state index in [1.54, 1.807) is 17.1 Å². The van der Waals surface area contributed by atoms with Gasteiger partial charge in [-0.3, -0.25) is 9.78 Å². The number of carbonyl (C=O) groups excluding carboxylic acids is 1. The summed E-state index contributed by atoms with van der Waals surface area (Å²) in [7, 11) is 0. The van der Waals surface area contributed by atoms with Crippen molar-refractivity contribution in [3.05, 3.63) is 29.8 Å². The van der Waals surface area contributed by atoms with Crippen LogP contribution in [0.4, 0.5) is 5.82 Å². The Bertz CT molecular complexity index is 756. The highest BCUT2D eigenvalue weighted by molar-refractivity contribution is 5.84. The minimum absolute atomic E-state index is 0.116. The number of hydrogen-bond donors (Lipinski definition) is 1. The zero-order valence-corrected chi connectivity index (χ0v) is 15.4. The van der Waals surface area contributed by atoms with Gasteiger partial charge in [-0.1, -0.05) is 0 Å². The predicted octanol–water partition coefficient (Wildman–Crippen LogP) is 2.48. The van der Waals surface area contributed by atoms with Crippen LogP contribution in [0.25, 0.3) is 5.82 Å². The number of nitrogens with zero attached hydrogens (tertiary/aromatic N) is 5. The summed E-state index contributed by atoms with van der Waals surface area (Å²) in [6.07, 6.45) is 6.66. The van der Waals surface area contributed by atoms with Gasteiger partial charge in [-0.25, -0.2) is 9.67 Å². The first-order valence-electron chi connectivity index (χ1n) is 8.88. The molecule has 134 valence electrons. The van der Waals surface area contributed by atoms with E-state index in [0.717, 1.165) is 30.8 Å². The van der Waals surface area contributed by atoms with E-state index in [9.17, 15) is 4.79 Å². The maximum absolute atomic E-state index is 12.7. The summed E-state index contributed by atoms with van der Waals surface area (Å²) in [5, 5.41) is 7.62. The zero-order chi connectivity index (χ0) is 18.0. The number of aromatic nitrogens is 4. The van der Waals surface area contributed by atoms with E-state index in [1.165, 1.54) is 6.42 Å². The second-order valence-electron chi connectivity index (χ2n) is 6.84. The largest absolute Gasteiger partial charge is 0.357 e. The first-order chi connectivity index (χ1) is 12.0. The molecule has 2 aromatic rings. The Balaban J connectivity index is 1.73. The molecule has 1 amide bonds. The second kappa shape index (κ2) is 7.21. The predicted molar refractivity (Wildman–Crippen MR) is 96.7 cm³/mol. The van der Waals surface area contributed by atoms with E-state index in [2.05, 4.69) is 27.3 Å². The number of anilines is 1. The lowest BCUT2D eigenvalue weighted by atomic mass is 10.0. The summed E-state index contributed by atoms with van der Waals surface area (Å²) in [5.74, 6) is 1.34. The monoisotopic (exact) mass is 342 g/mol. The smallest absolute Gasteiger partial charge is 0.245 e. The summed E-state index contributed by atoms with van der Waals surface area (Å²) in [6.45, 7) is 8.75. The van der Waals surface area contributed by atoms with E-state index in [0.29, 0.717) is 17.7 Å². The van der Waals surface area contributed by atoms with E-state index in [4.69, 9.17) is 0 Å². The minimum Gasteiger partial charge on any atom is -0.357 e. The molecule has 0 bridgehead atoms. The average Bonchev–Trinajstić information content (AvgIpc) is 2.93. The van der Waals surface area contributed by atoms with Crippen molar-refractivity contribution < 1.29 is 4.79 Å². The molecule has 3 heterocycles. The van der Waals surface area contributed by atoms with Gasteiger partial charge in [0.15, 0.2) is 5.82 Å². The van der Waals surface area contributed by atoms with Gasteiger partial charge < -0.3 is 10.2 Å². The highest BCUT2D eigenvalue weighted by Gasteiger charge is 2.27. The lowest BCUT2D eigenvalue weighted by Crippen LogP contribution is -2.48. The molecule has 1 fully saturated rings. The Kier molecular flexibility index (Phi) is 5.01. The molecule has 0 unspecified atom stereocenters. The van der Waals surface area contributed by atoms with Crippen LogP contribution in [0.5, 0.6) is 0 Å². The van der Waals surface area contributed by atoms with Crippen LogP contribution >= 0.6 is 0 Å². The van der Waals surface area contributed by atoms with Crippen molar-refractivity contribution in [2.75, 3.05) is 11.9 Å². The van der Waals surface area contributed by atoms with Crippen molar-refractivity contribution in [1.29, 1.82) is 0 Å². The number of hydrogen-bond acceptors (Lipinski definition) is 5. The molecule has 7 heteroatoms. The lowest BCUT2D eigenvalue weighted by Gasteiger charge is -2.35. The quantitative estimate of drug-likeness (QED) is 0.924. The number of carbonyl (C=O) groups is 1. The fraction of sp³-hybridized carbons (Fsp3) is 0.556. The first-order valence-corrected chi connectivity index (χ1v) is 8.88. The van der Waals surface area contributed by atoms with Gasteiger partial charge in [-0.2, -0.15) is 5.10 Å². The van der Waals surface area contributed by atoms with Crippen molar-refractivity contribution in [3.8, 4) is 5.82 Å². The highest BCUT2D eigenvalue weighted by atomic mass is 16.2. The van der Waals surface area contributed by atoms with Crippen molar-refractivity contribution >= 4 is 11.7 Å². The van der Waals surface area contributed by atoms with Crippen LogP contribution in [0, 0.1) is 13.8 Å². The normalized spacial score (nSPS) is 18.9. The number of rotatable bonds is 4. The SMILES string of the molecule is Cc1cc(C)n(-c2cncc(N[C@@H](C)C(=O)N3CCCC[C@@H]3C)n2)n1. The van der Waals surface area contributed by atoms with Crippen LogP contribution in [0.2, 0.25) is 0 Å². The van der Waals surface area contributed by atoms with Gasteiger partial charge in [-0.05, 0) is 53.0 Å². The molecule has 2 atom stereocenters. The number of likely N-dealkylation sites (tertiary alicyclic amines) is 1. The molecule has 1 aliphatic heterocycles. The van der Waals surface area contributed by atoms with Crippen molar-refractivity contribution in [3.63, 3.8) is 0 Å². The van der Waals surface area contributed by atoms with Gasteiger partial charge in [0.05, 0.1) is 18.1 Å². The van der Waals surface area contributed by atoms with Gasteiger partial charge >= 0.3 is 0 Å². The zero-order valence-electron chi connectivity index (χ0n) is 15.4. The maximum atomic E-state index is 12.7. The van der Waals surface area contributed by atoms with E-state index in [1.807, 2.05) is 31.7 Å². The Morgan fingerprint density at radius 3 is 2.80 bits per heavy atom. The molecule has 1 N–H and O–H groups in total. The molecular formula is C18H26N6O. The van der Waals surface area contributed by atoms with Crippen LogP contribution in [-0.4, -0.2) is 49.2 Å². The maximum Gasteiger partial charge on any atom is 0.245 e. The standard InChI is InChI=1S/C18H26N6O/c1-12-9-14(3)24(22-12)17-11-19-10-16(21-17)20-15(4)18(25)23-8-6-5-7-13(23)2/h9-11,13,15H,5-8H2,1-4H3,(H,20,21)/t13-,15-/m0/s1. The molecule has 0 aliphatic carbocycles. The number of nitrogens with one attached hydrogen (secondary N) is 1. The Morgan fingerprint density at radius 2 is 2.12 bits per heavy atom. The van der Waals surface area contributed by atoms with Crippen LogP contribution < -0.4 is 5.32 Å². The molecule has 0 radical (unpaired) electrons. The van der Waals surface area contributed by atoms with Gasteiger partial charge in [0.25, 0.3) is 0 Å². The molecular weight excluding hydrogens is 316 g/mol. The Hall–Kier alpha value is -2.44. The average molecular weight is 342 g/mol. The summed E-state index contributed by atoms with van der Waals surface area (Å²) < 4.78 is 1.76. The van der Waals surface area contributed by atoms with Crippen molar-refractivity contribution in [2.24, 2.45) is 0 Å². The fourth-order valence-corrected chi connectivity index (χ4v) is 3.35. The summed E-state index contributed by atoms with van der Waals surface area (Å²) in [6, 6.07) is 1.95. The summed E-state index contributed by atoms with van der Waals surface area (Å²) >= 11 is 0. The molecule has 0 spiro atoms. The van der Waals surface area contributed by atoms with Gasteiger partial charge in [0.2, 0.25) is 5.91 Å². The Labute approximate surface area is 148 Å². The molecule has 2 aromatic heterocycles. The minimum atomic E-state index is -0.342. The highest BCUT2D eigenvalue weighted by Crippen LogP contribution is 2.18. The molecule has 0 aromatic carbocycles. The molecule has 7 nitrogen and oxygen atoms in total. The van der Waals surface area contributed by atoms with E-state index < -0.39 is 0 Å². The number of aryl methyl sites for hydroxylation is 2. The number of piperidine rings is 1. The molecule has 1 saturated heterocycles.